The summed E-state index contributed by atoms with van der Waals surface area (Å²) in [6.07, 6.45) is 5.60. The molecule has 0 atom stereocenters. The number of hydrogen-bond donors (Lipinski definition) is 1. The molecule has 0 unspecified atom stereocenters. The van der Waals surface area contributed by atoms with Crippen LogP contribution >= 0.6 is 16.1 Å². The molecule has 160 valence electrons. The second kappa shape index (κ2) is 12.3. The monoisotopic (exact) mass is 449 g/mol. The first-order chi connectivity index (χ1) is 12.4. The SMILES string of the molecule is C=CC=C.CC1(C)CC([N+](C)(C)CCOCCOCCO)CC(C)(C)N1Br. The number of nitrogens with zero attached hydrogens (tertiary/aromatic N) is 2. The predicted octanol–water partition coefficient (Wildman–Crippen LogP) is 3.78. The maximum Gasteiger partial charge on any atom is 0.102 e. The fraction of sp³-hybridized carbons (Fsp3) is 0.810. The van der Waals surface area contributed by atoms with Crippen molar-refractivity contribution in [3.05, 3.63) is 25.3 Å². The fourth-order valence-electron chi connectivity index (χ4n) is 3.57. The Morgan fingerprint density at radius 2 is 1.44 bits per heavy atom. The second-order valence-electron chi connectivity index (χ2n) is 8.89. The third kappa shape index (κ3) is 9.68. The minimum Gasteiger partial charge on any atom is -0.394 e. The van der Waals surface area contributed by atoms with Crippen LogP contribution in [0, 0.1) is 0 Å². The van der Waals surface area contributed by atoms with E-state index in [9.17, 15) is 0 Å². The van der Waals surface area contributed by atoms with Gasteiger partial charge in [0.15, 0.2) is 0 Å². The van der Waals surface area contributed by atoms with E-state index in [0.717, 1.165) is 30.5 Å². The van der Waals surface area contributed by atoms with E-state index in [-0.39, 0.29) is 17.7 Å². The molecule has 1 aliphatic rings. The molecule has 5 nitrogen and oxygen atoms in total. The van der Waals surface area contributed by atoms with Gasteiger partial charge in [-0.3, -0.25) is 0 Å². The van der Waals surface area contributed by atoms with Gasteiger partial charge >= 0.3 is 0 Å². The summed E-state index contributed by atoms with van der Waals surface area (Å²) in [4.78, 5) is 0. The van der Waals surface area contributed by atoms with Crippen LogP contribution in [0.5, 0.6) is 0 Å². The highest BCUT2D eigenvalue weighted by Crippen LogP contribution is 2.43. The van der Waals surface area contributed by atoms with Crippen LogP contribution in [0.2, 0.25) is 0 Å². The van der Waals surface area contributed by atoms with E-state index in [0.29, 0.717) is 25.9 Å². The van der Waals surface area contributed by atoms with E-state index < -0.39 is 0 Å². The van der Waals surface area contributed by atoms with Crippen molar-refractivity contribution in [2.45, 2.75) is 57.7 Å². The van der Waals surface area contributed by atoms with Gasteiger partial charge in [0.2, 0.25) is 0 Å². The molecule has 0 aromatic heterocycles. The quantitative estimate of drug-likeness (QED) is 0.238. The predicted molar refractivity (Wildman–Crippen MR) is 118 cm³/mol. The summed E-state index contributed by atoms with van der Waals surface area (Å²) in [6, 6.07) is 0.614. The third-order valence-electron chi connectivity index (χ3n) is 5.11. The Hall–Kier alpha value is -0.240. The Kier molecular flexibility index (Phi) is 12.2. The summed E-state index contributed by atoms with van der Waals surface area (Å²) in [5, 5.41) is 8.65. The van der Waals surface area contributed by atoms with Gasteiger partial charge in [0.1, 0.15) is 6.54 Å². The van der Waals surface area contributed by atoms with Crippen molar-refractivity contribution in [3.8, 4) is 0 Å². The third-order valence-corrected chi connectivity index (χ3v) is 7.03. The first-order valence-electron chi connectivity index (χ1n) is 9.73. The average Bonchev–Trinajstić information content (AvgIpc) is 2.58. The molecule has 1 saturated heterocycles. The van der Waals surface area contributed by atoms with Crippen LogP contribution in [-0.2, 0) is 9.47 Å². The molecule has 6 heteroatoms. The van der Waals surface area contributed by atoms with E-state index in [2.05, 4.69) is 75.0 Å². The van der Waals surface area contributed by atoms with Crippen LogP contribution < -0.4 is 0 Å². The molecular formula is C21H42BrN2O3+. The first kappa shape index (κ1) is 26.8. The van der Waals surface area contributed by atoms with Crippen LogP contribution in [0.3, 0.4) is 0 Å². The zero-order chi connectivity index (χ0) is 21.1. The average molecular weight is 450 g/mol. The lowest BCUT2D eigenvalue weighted by Crippen LogP contribution is -2.64. The number of quaternary nitrogens is 1. The number of piperidine rings is 1. The highest BCUT2D eigenvalue weighted by Gasteiger charge is 2.49. The van der Waals surface area contributed by atoms with Gasteiger partial charge in [-0.2, -0.15) is 0 Å². The topological polar surface area (TPSA) is 41.9 Å². The molecule has 0 amide bonds. The molecule has 0 aromatic carbocycles. The number of rotatable bonds is 10. The molecule has 0 bridgehead atoms. The van der Waals surface area contributed by atoms with Gasteiger partial charge in [0.25, 0.3) is 0 Å². The highest BCUT2D eigenvalue weighted by molar-refractivity contribution is 9.07. The first-order valence-corrected chi connectivity index (χ1v) is 10.4. The lowest BCUT2D eigenvalue weighted by molar-refractivity contribution is -0.918. The van der Waals surface area contributed by atoms with Crippen LogP contribution in [0.15, 0.2) is 25.3 Å². The van der Waals surface area contributed by atoms with Crippen molar-refractivity contribution >= 4 is 16.1 Å². The number of hydrogen-bond acceptors (Lipinski definition) is 4. The van der Waals surface area contributed by atoms with Crippen molar-refractivity contribution in [1.29, 1.82) is 0 Å². The Labute approximate surface area is 175 Å². The van der Waals surface area contributed by atoms with Crippen LogP contribution in [-0.4, -0.2) is 84.3 Å². The summed E-state index contributed by atoms with van der Waals surface area (Å²) in [5.74, 6) is 0. The minimum absolute atomic E-state index is 0.0712. The summed E-state index contributed by atoms with van der Waals surface area (Å²) in [7, 11) is 4.62. The van der Waals surface area contributed by atoms with Crippen molar-refractivity contribution in [1.82, 2.24) is 3.93 Å². The number of likely N-dealkylation sites (N-methyl/N-ethyl adjacent to an activating group) is 1. The lowest BCUT2D eigenvalue weighted by atomic mass is 9.78. The van der Waals surface area contributed by atoms with E-state index in [4.69, 9.17) is 14.6 Å². The summed E-state index contributed by atoms with van der Waals surface area (Å²) in [5.41, 5.74) is 0.280. The van der Waals surface area contributed by atoms with Crippen molar-refractivity contribution in [2.75, 3.05) is 53.7 Å². The number of allylic oxidation sites excluding steroid dienone is 2. The zero-order valence-corrected chi connectivity index (χ0v) is 19.9. The van der Waals surface area contributed by atoms with E-state index >= 15 is 0 Å². The Morgan fingerprint density at radius 1 is 1.00 bits per heavy atom. The standard InChI is InChI=1S/C17H36BrN2O3.C4H6/c1-16(2)13-15(14-17(3,4)19(16)18)20(5,6)7-9-22-11-12-23-10-8-21;1-3-4-2/h15,21H,7-14H2,1-6H3;3-4H,1-2H2/q+1;. The van der Waals surface area contributed by atoms with Crippen molar-refractivity contribution in [2.24, 2.45) is 0 Å². The molecule has 0 spiro atoms. The number of ether oxygens (including phenoxy) is 2. The number of aliphatic hydroxyl groups excluding tert-OH is 1. The molecule has 1 aliphatic heterocycles. The molecule has 0 saturated carbocycles. The summed E-state index contributed by atoms with van der Waals surface area (Å²) >= 11 is 3.79. The van der Waals surface area contributed by atoms with E-state index in [1.165, 1.54) is 0 Å². The van der Waals surface area contributed by atoms with Crippen LogP contribution in [0.4, 0.5) is 0 Å². The molecule has 1 N–H and O–H groups in total. The summed E-state index contributed by atoms with van der Waals surface area (Å²) < 4.78 is 14.2. The van der Waals surface area contributed by atoms with Gasteiger partial charge in [-0.25, -0.2) is 3.93 Å². The Bertz CT molecular complexity index is 415. The molecule has 0 aliphatic carbocycles. The van der Waals surface area contributed by atoms with Gasteiger partial charge in [-0.1, -0.05) is 25.3 Å². The van der Waals surface area contributed by atoms with Gasteiger partial charge in [-0.15, -0.1) is 0 Å². The van der Waals surface area contributed by atoms with Crippen molar-refractivity contribution < 1.29 is 19.1 Å². The van der Waals surface area contributed by atoms with Gasteiger partial charge in [0.05, 0.1) is 53.2 Å². The van der Waals surface area contributed by atoms with Gasteiger partial charge in [-0.05, 0) is 27.7 Å². The normalized spacial score (nSPS) is 19.9. The van der Waals surface area contributed by atoms with E-state index in [1.54, 1.807) is 12.2 Å². The van der Waals surface area contributed by atoms with Gasteiger partial charge < -0.3 is 19.1 Å². The Morgan fingerprint density at radius 3 is 1.85 bits per heavy atom. The van der Waals surface area contributed by atoms with Crippen LogP contribution in [0.1, 0.15) is 40.5 Å². The molecule has 27 heavy (non-hydrogen) atoms. The highest BCUT2D eigenvalue weighted by atomic mass is 79.9. The maximum absolute atomic E-state index is 8.65. The largest absolute Gasteiger partial charge is 0.394 e. The van der Waals surface area contributed by atoms with Crippen LogP contribution in [0.25, 0.3) is 0 Å². The Balaban J connectivity index is 0.00000153. The lowest BCUT2D eigenvalue weighted by Gasteiger charge is -2.55. The molecule has 1 heterocycles. The number of halogens is 1. The summed E-state index contributed by atoms with van der Waals surface area (Å²) in [6.45, 7) is 19.3. The molecule has 1 fully saturated rings. The fourth-order valence-corrected chi connectivity index (χ4v) is 3.86. The molecule has 0 aromatic rings. The minimum atomic E-state index is 0.0712. The smallest absolute Gasteiger partial charge is 0.102 e. The maximum atomic E-state index is 8.65. The molecule has 1 rings (SSSR count). The second-order valence-corrected chi connectivity index (χ2v) is 9.60. The zero-order valence-electron chi connectivity index (χ0n) is 18.3. The molecular weight excluding hydrogens is 408 g/mol. The molecule has 0 radical (unpaired) electrons. The van der Waals surface area contributed by atoms with Gasteiger partial charge in [0, 0.05) is 40.1 Å². The number of aliphatic hydroxyl groups is 1. The van der Waals surface area contributed by atoms with E-state index in [1.807, 2.05) is 0 Å². The van der Waals surface area contributed by atoms with Crippen molar-refractivity contribution in [3.63, 3.8) is 0 Å².